The summed E-state index contributed by atoms with van der Waals surface area (Å²) in [6, 6.07) is 7.42. The maximum atomic E-state index is 13.0. The Morgan fingerprint density at radius 1 is 1.17 bits per heavy atom. The normalized spacial score (nSPS) is 27.2. The van der Waals surface area contributed by atoms with Crippen LogP contribution in [0.2, 0.25) is 0 Å². The molecule has 0 unspecified atom stereocenters. The van der Waals surface area contributed by atoms with E-state index in [1.807, 2.05) is 43.0 Å². The molecule has 7 nitrogen and oxygen atoms in total. The van der Waals surface area contributed by atoms with Crippen molar-refractivity contribution >= 4 is 17.8 Å². The number of benzene rings is 1. The third-order valence-corrected chi connectivity index (χ3v) is 6.19. The summed E-state index contributed by atoms with van der Waals surface area (Å²) in [6.07, 6.45) is 4.10. The highest BCUT2D eigenvalue weighted by molar-refractivity contribution is 6.08. The first-order chi connectivity index (χ1) is 13.7. The molecule has 1 aromatic rings. The standard InChI is InChI=1S/C22H31N3O4/c1-15-6-5-7-16(2)25(15)19(26)14-24-20(27)22(3,23-21(24)28)13-12-17-8-10-18(29-4)11-9-17/h8-11,15-16H,5-7,12-14H2,1-4H3,(H,23,28)/t15-,16+,22-/m1/s1. The summed E-state index contributed by atoms with van der Waals surface area (Å²) in [7, 11) is 1.62. The van der Waals surface area contributed by atoms with Gasteiger partial charge in [-0.3, -0.25) is 14.5 Å². The number of rotatable bonds is 6. The minimum absolute atomic E-state index is 0.133. The summed E-state index contributed by atoms with van der Waals surface area (Å²) in [5.74, 6) is 0.283. The fourth-order valence-electron chi connectivity index (χ4n) is 4.38. The Morgan fingerprint density at radius 3 is 2.38 bits per heavy atom. The summed E-state index contributed by atoms with van der Waals surface area (Å²) < 4.78 is 5.16. The number of carbonyl (C=O) groups is 3. The zero-order chi connectivity index (χ0) is 21.2. The van der Waals surface area contributed by atoms with Gasteiger partial charge in [0.2, 0.25) is 5.91 Å². The van der Waals surface area contributed by atoms with Crippen LogP contribution in [0.15, 0.2) is 24.3 Å². The number of hydrogen-bond acceptors (Lipinski definition) is 4. The van der Waals surface area contributed by atoms with Crippen LogP contribution in [-0.2, 0) is 16.0 Å². The molecule has 29 heavy (non-hydrogen) atoms. The van der Waals surface area contributed by atoms with E-state index in [-0.39, 0.29) is 30.4 Å². The van der Waals surface area contributed by atoms with Gasteiger partial charge in [0.15, 0.2) is 0 Å². The summed E-state index contributed by atoms with van der Waals surface area (Å²) >= 11 is 0. The van der Waals surface area contributed by atoms with Crippen LogP contribution in [0.4, 0.5) is 4.79 Å². The van der Waals surface area contributed by atoms with Crippen molar-refractivity contribution in [2.75, 3.05) is 13.7 Å². The molecule has 1 N–H and O–H groups in total. The summed E-state index contributed by atoms with van der Waals surface area (Å²) in [6.45, 7) is 5.58. The zero-order valence-electron chi connectivity index (χ0n) is 17.7. The highest BCUT2D eigenvalue weighted by Crippen LogP contribution is 2.26. The van der Waals surface area contributed by atoms with Crippen LogP contribution in [0.3, 0.4) is 0 Å². The molecule has 0 saturated carbocycles. The predicted octanol–water partition coefficient (Wildman–Crippen LogP) is 2.73. The lowest BCUT2D eigenvalue weighted by atomic mass is 9.93. The van der Waals surface area contributed by atoms with Gasteiger partial charge in [0.05, 0.1) is 7.11 Å². The molecule has 2 saturated heterocycles. The molecule has 3 rings (SSSR count). The smallest absolute Gasteiger partial charge is 0.325 e. The number of likely N-dealkylation sites (tertiary alicyclic amines) is 1. The number of methoxy groups -OCH3 is 1. The van der Waals surface area contributed by atoms with Crippen molar-refractivity contribution < 1.29 is 19.1 Å². The maximum Gasteiger partial charge on any atom is 0.325 e. The molecule has 2 heterocycles. The van der Waals surface area contributed by atoms with Gasteiger partial charge in [-0.2, -0.15) is 0 Å². The molecule has 0 aromatic heterocycles. The second-order valence-corrected chi connectivity index (χ2v) is 8.43. The Bertz CT molecular complexity index is 769. The van der Waals surface area contributed by atoms with Crippen LogP contribution in [0.5, 0.6) is 5.75 Å². The lowest BCUT2D eigenvalue weighted by Gasteiger charge is -2.39. The van der Waals surface area contributed by atoms with Gasteiger partial charge >= 0.3 is 6.03 Å². The van der Waals surface area contributed by atoms with Crippen molar-refractivity contribution in [2.45, 2.75) is 70.5 Å². The summed E-state index contributed by atoms with van der Waals surface area (Å²) in [5.41, 5.74) is 0.0516. The molecule has 1 aromatic carbocycles. The first-order valence-electron chi connectivity index (χ1n) is 10.3. The van der Waals surface area contributed by atoms with Crippen molar-refractivity contribution in [1.82, 2.24) is 15.1 Å². The number of aryl methyl sites for hydroxylation is 1. The minimum atomic E-state index is -1.00. The molecular weight excluding hydrogens is 370 g/mol. The number of ether oxygens (including phenoxy) is 1. The van der Waals surface area contributed by atoms with Crippen molar-refractivity contribution in [3.63, 3.8) is 0 Å². The van der Waals surface area contributed by atoms with Crippen molar-refractivity contribution in [3.05, 3.63) is 29.8 Å². The molecule has 158 valence electrons. The quantitative estimate of drug-likeness (QED) is 0.744. The second kappa shape index (κ2) is 8.43. The fourth-order valence-corrected chi connectivity index (χ4v) is 4.38. The fraction of sp³-hybridized carbons (Fsp3) is 0.591. The molecule has 0 spiro atoms. The lowest BCUT2D eigenvalue weighted by Crippen LogP contribution is -2.52. The van der Waals surface area contributed by atoms with E-state index >= 15 is 0 Å². The van der Waals surface area contributed by atoms with E-state index in [2.05, 4.69) is 5.32 Å². The lowest BCUT2D eigenvalue weighted by molar-refractivity contribution is -0.142. The van der Waals surface area contributed by atoms with Crippen molar-refractivity contribution in [1.29, 1.82) is 0 Å². The molecule has 0 bridgehead atoms. The number of hydrogen-bond donors (Lipinski definition) is 1. The van der Waals surface area contributed by atoms with E-state index in [9.17, 15) is 14.4 Å². The van der Waals surface area contributed by atoms with Crippen molar-refractivity contribution in [2.24, 2.45) is 0 Å². The Kier molecular flexibility index (Phi) is 6.15. The third-order valence-electron chi connectivity index (χ3n) is 6.19. The van der Waals surface area contributed by atoms with Gasteiger partial charge in [-0.05, 0) is 70.6 Å². The van der Waals surface area contributed by atoms with Gasteiger partial charge in [-0.1, -0.05) is 12.1 Å². The predicted molar refractivity (Wildman–Crippen MR) is 110 cm³/mol. The average molecular weight is 402 g/mol. The van der Waals surface area contributed by atoms with Gasteiger partial charge in [0, 0.05) is 12.1 Å². The van der Waals surface area contributed by atoms with Gasteiger partial charge in [0.25, 0.3) is 5.91 Å². The topological polar surface area (TPSA) is 79.0 Å². The van der Waals surface area contributed by atoms with Crippen molar-refractivity contribution in [3.8, 4) is 5.75 Å². The Balaban J connectivity index is 1.64. The number of nitrogens with zero attached hydrogens (tertiary/aromatic N) is 2. The summed E-state index contributed by atoms with van der Waals surface area (Å²) in [5, 5.41) is 2.80. The molecule has 3 atom stereocenters. The summed E-state index contributed by atoms with van der Waals surface area (Å²) in [4.78, 5) is 41.2. The number of amides is 4. The molecule has 0 radical (unpaired) electrons. The highest BCUT2D eigenvalue weighted by Gasteiger charge is 2.48. The largest absolute Gasteiger partial charge is 0.497 e. The van der Waals surface area contributed by atoms with E-state index in [4.69, 9.17) is 4.74 Å². The third kappa shape index (κ3) is 4.38. The van der Waals surface area contributed by atoms with Gasteiger partial charge < -0.3 is 15.0 Å². The number of piperidine rings is 1. The van der Waals surface area contributed by atoms with Gasteiger partial charge in [0.1, 0.15) is 17.8 Å². The molecule has 2 aliphatic heterocycles. The molecule has 0 aliphatic carbocycles. The van der Waals surface area contributed by atoms with Crippen LogP contribution in [0.1, 0.15) is 52.0 Å². The van der Waals surface area contributed by atoms with E-state index in [1.165, 1.54) is 0 Å². The number of urea groups is 1. The average Bonchev–Trinajstić information content (AvgIpc) is 2.90. The molecule has 2 fully saturated rings. The van der Waals surface area contributed by atoms with Crippen LogP contribution < -0.4 is 10.1 Å². The molecule has 4 amide bonds. The molecule has 7 heteroatoms. The monoisotopic (exact) mass is 401 g/mol. The number of nitrogens with one attached hydrogen (secondary N) is 1. The Labute approximate surface area is 172 Å². The maximum absolute atomic E-state index is 13.0. The number of carbonyl (C=O) groups excluding carboxylic acids is 3. The van der Waals surface area contributed by atoms with Gasteiger partial charge in [-0.25, -0.2) is 4.79 Å². The van der Waals surface area contributed by atoms with Crippen LogP contribution in [0.25, 0.3) is 0 Å². The van der Waals surface area contributed by atoms with Crippen LogP contribution in [-0.4, -0.2) is 58.9 Å². The Morgan fingerprint density at radius 2 is 1.79 bits per heavy atom. The molecule has 2 aliphatic rings. The first-order valence-corrected chi connectivity index (χ1v) is 10.3. The Hall–Kier alpha value is -2.57. The molecular formula is C22H31N3O4. The minimum Gasteiger partial charge on any atom is -0.497 e. The first kappa shape index (κ1) is 21.1. The van der Waals surface area contributed by atoms with Crippen LogP contribution >= 0.6 is 0 Å². The van der Waals surface area contributed by atoms with E-state index in [1.54, 1.807) is 14.0 Å². The second-order valence-electron chi connectivity index (χ2n) is 8.43. The number of imide groups is 1. The van der Waals surface area contributed by atoms with Gasteiger partial charge in [-0.15, -0.1) is 0 Å². The highest BCUT2D eigenvalue weighted by atomic mass is 16.5. The van der Waals surface area contributed by atoms with E-state index in [0.29, 0.717) is 12.8 Å². The zero-order valence-corrected chi connectivity index (χ0v) is 17.7. The SMILES string of the molecule is COc1ccc(CC[C@@]2(C)NC(=O)N(CC(=O)N3[C@H](C)CCC[C@@H]3C)C2=O)cc1. The van der Waals surface area contributed by atoms with E-state index in [0.717, 1.165) is 35.5 Å². The van der Waals surface area contributed by atoms with E-state index < -0.39 is 11.6 Å². The van der Waals surface area contributed by atoms with Crippen LogP contribution in [0, 0.1) is 0 Å².